The highest BCUT2D eigenvalue weighted by Gasteiger charge is 2.31. The Hall–Kier alpha value is -2.81. The molecule has 0 spiro atoms. The van der Waals surface area contributed by atoms with Crippen molar-refractivity contribution in [2.24, 2.45) is 0 Å². The van der Waals surface area contributed by atoms with Crippen molar-refractivity contribution in [3.05, 3.63) is 12.1 Å². The van der Waals surface area contributed by atoms with Gasteiger partial charge in [-0.15, -0.1) is 0 Å². The summed E-state index contributed by atoms with van der Waals surface area (Å²) in [5.74, 6) is -2.25. The summed E-state index contributed by atoms with van der Waals surface area (Å²) < 4.78 is 93.5. The van der Waals surface area contributed by atoms with Gasteiger partial charge in [0, 0.05) is 44.1 Å². The van der Waals surface area contributed by atoms with E-state index in [1.807, 2.05) is 0 Å². The lowest BCUT2D eigenvalue weighted by Gasteiger charge is -2.35. The number of nitrogen functional groups attached to an aromatic ring is 1. The van der Waals surface area contributed by atoms with Gasteiger partial charge in [0.25, 0.3) is 5.91 Å². The van der Waals surface area contributed by atoms with Crippen LogP contribution in [0.2, 0.25) is 0 Å². The summed E-state index contributed by atoms with van der Waals surface area (Å²) >= 11 is 0. The van der Waals surface area contributed by atoms with Gasteiger partial charge in [-0.05, 0) is 18.9 Å². The fourth-order valence-corrected chi connectivity index (χ4v) is 3.10. The van der Waals surface area contributed by atoms with E-state index in [0.29, 0.717) is 24.3 Å². The molecule has 1 aromatic heterocycles. The van der Waals surface area contributed by atoms with Crippen LogP contribution in [0.5, 0.6) is 11.5 Å². The molecule has 150 valence electrons. The molecule has 9 nitrogen and oxygen atoms in total. The van der Waals surface area contributed by atoms with E-state index in [0.717, 1.165) is 17.0 Å². The molecular weight excluding hydrogens is 362 g/mol. The predicted octanol–water partition coefficient (Wildman–Crippen LogP) is 1.06. The second-order valence-corrected chi connectivity index (χ2v) is 6.28. The van der Waals surface area contributed by atoms with Gasteiger partial charge in [0.05, 0.1) is 33.3 Å². The maximum absolute atomic E-state index is 12.8. The van der Waals surface area contributed by atoms with Gasteiger partial charge < -0.3 is 29.7 Å². The van der Waals surface area contributed by atoms with E-state index in [1.54, 1.807) is 0 Å². The van der Waals surface area contributed by atoms with Gasteiger partial charge in [0.2, 0.25) is 5.95 Å². The highest BCUT2D eigenvalue weighted by atomic mass is 16.5. The molecule has 4 rings (SSSR count). The first-order valence-corrected chi connectivity index (χ1v) is 8.56. The molecule has 2 saturated heterocycles. The van der Waals surface area contributed by atoms with Crippen LogP contribution in [-0.2, 0) is 9.53 Å². The number of rotatable bonds is 4. The van der Waals surface area contributed by atoms with Crippen LogP contribution in [0.25, 0.3) is 10.9 Å². The molecule has 1 atom stereocenters. The van der Waals surface area contributed by atoms with E-state index in [9.17, 15) is 4.79 Å². The molecule has 9 heteroatoms. The van der Waals surface area contributed by atoms with Gasteiger partial charge in [-0.2, -0.15) is 4.98 Å². The van der Waals surface area contributed by atoms with Crippen LogP contribution in [0, 0.1) is 0 Å². The van der Waals surface area contributed by atoms with Crippen LogP contribution in [0.15, 0.2) is 12.1 Å². The normalized spacial score (nSPS) is 29.6. The third-order valence-corrected chi connectivity index (χ3v) is 4.55. The minimum atomic E-state index is -2.98. The number of anilines is 2. The lowest BCUT2D eigenvalue weighted by Crippen LogP contribution is -2.51. The van der Waals surface area contributed by atoms with Crippen molar-refractivity contribution in [2.75, 3.05) is 57.4 Å². The summed E-state index contributed by atoms with van der Waals surface area (Å²) in [4.78, 5) is 22.8. The molecule has 2 fully saturated rings. The Bertz CT molecular complexity index is 1220. The standard InChI is InChI=1S/C19H25N5O4/c1-26-15-10-12-13(11-16(15)27-2)21-19(22-17(12)20)24-7-5-23(6-8-24)18(25)14-4-3-9-28-14/h10-11,14H,3-9H2,1-2H3,(H2,20,21,22)/i1D3,2D3,7D2,8D2. The number of benzene rings is 1. The second kappa shape index (κ2) is 7.67. The van der Waals surface area contributed by atoms with E-state index in [-0.39, 0.29) is 16.7 Å². The van der Waals surface area contributed by atoms with Gasteiger partial charge in [-0.1, -0.05) is 0 Å². The first-order chi connectivity index (χ1) is 17.4. The zero-order valence-corrected chi connectivity index (χ0v) is 14.8. The Balaban J connectivity index is 1.75. The summed E-state index contributed by atoms with van der Waals surface area (Å²) in [5, 5.41) is 0.0270. The number of nitrogens with zero attached hydrogens (tertiary/aromatic N) is 4. The van der Waals surface area contributed by atoms with Crippen molar-refractivity contribution in [1.29, 1.82) is 0 Å². The molecule has 1 aromatic carbocycles. The zero-order chi connectivity index (χ0) is 28.3. The Morgan fingerprint density at radius 1 is 1.29 bits per heavy atom. The Morgan fingerprint density at radius 2 is 2.04 bits per heavy atom. The molecule has 3 heterocycles. The van der Waals surface area contributed by atoms with Crippen LogP contribution >= 0.6 is 0 Å². The largest absolute Gasteiger partial charge is 0.493 e. The lowest BCUT2D eigenvalue weighted by atomic mass is 10.2. The first kappa shape index (κ1) is 10.1. The fraction of sp³-hybridized carbons (Fsp3) is 0.526. The van der Waals surface area contributed by atoms with Gasteiger partial charge in [-0.3, -0.25) is 4.79 Å². The van der Waals surface area contributed by atoms with Crippen molar-refractivity contribution < 1.29 is 32.7 Å². The molecule has 2 N–H and O–H groups in total. The number of hydrogen-bond donors (Lipinski definition) is 1. The van der Waals surface area contributed by atoms with Gasteiger partial charge in [0.1, 0.15) is 11.9 Å². The maximum Gasteiger partial charge on any atom is 0.251 e. The fourth-order valence-electron chi connectivity index (χ4n) is 3.10. The number of fused-ring (bicyclic) bond motifs is 1. The van der Waals surface area contributed by atoms with Crippen molar-refractivity contribution in [3.63, 3.8) is 0 Å². The minimum absolute atomic E-state index is 0.0270. The number of methoxy groups -OCH3 is 2. The number of piperazine rings is 1. The summed E-state index contributed by atoms with van der Waals surface area (Å²) in [6.45, 7) is -5.60. The molecule has 0 bridgehead atoms. The highest BCUT2D eigenvalue weighted by molar-refractivity contribution is 5.91. The molecule has 2 aliphatic heterocycles. The molecule has 1 unspecified atom stereocenters. The van der Waals surface area contributed by atoms with E-state index >= 15 is 0 Å². The summed E-state index contributed by atoms with van der Waals surface area (Å²) in [6.07, 6.45) is 0.375. The number of carbonyl (C=O) groups excluding carboxylic acids is 1. The Labute approximate surface area is 177 Å². The van der Waals surface area contributed by atoms with Crippen LogP contribution in [0.1, 0.15) is 26.5 Å². The average molecular weight is 398 g/mol. The molecular formula is C19H25N5O4. The quantitative estimate of drug-likeness (QED) is 0.817. The number of amides is 1. The average Bonchev–Trinajstić information content (AvgIpc) is 3.25. The van der Waals surface area contributed by atoms with Crippen LogP contribution < -0.4 is 20.1 Å². The lowest BCUT2D eigenvalue weighted by molar-refractivity contribution is -0.141. The topological polar surface area (TPSA) is 103 Å². The summed E-state index contributed by atoms with van der Waals surface area (Å²) in [6, 6.07) is 2.11. The van der Waals surface area contributed by atoms with E-state index in [4.69, 9.17) is 33.7 Å². The number of nitrogens with two attached hydrogens (primary N) is 1. The predicted molar refractivity (Wildman–Crippen MR) is 105 cm³/mol. The Kier molecular flexibility index (Phi) is 2.77. The minimum Gasteiger partial charge on any atom is -0.493 e. The maximum atomic E-state index is 12.8. The number of ether oxygens (including phenoxy) is 3. The smallest absolute Gasteiger partial charge is 0.251 e. The van der Waals surface area contributed by atoms with Crippen LogP contribution in [-0.4, -0.2) is 73.6 Å². The molecule has 0 saturated carbocycles. The van der Waals surface area contributed by atoms with Gasteiger partial charge in [-0.25, -0.2) is 4.98 Å². The van der Waals surface area contributed by atoms with Crippen molar-refractivity contribution in [2.45, 2.75) is 18.9 Å². The number of hydrogen-bond acceptors (Lipinski definition) is 8. The van der Waals surface area contributed by atoms with Gasteiger partial charge in [0.15, 0.2) is 11.5 Å². The van der Waals surface area contributed by atoms with E-state index in [1.165, 1.54) is 0 Å². The molecule has 0 aliphatic carbocycles. The van der Waals surface area contributed by atoms with Crippen molar-refractivity contribution >= 4 is 28.6 Å². The summed E-state index contributed by atoms with van der Waals surface area (Å²) in [7, 11) is -5.94. The number of carbonyl (C=O) groups is 1. The molecule has 1 amide bonds. The van der Waals surface area contributed by atoms with E-state index in [2.05, 4.69) is 9.97 Å². The number of aromatic nitrogens is 2. The molecule has 0 radical (unpaired) electrons. The molecule has 28 heavy (non-hydrogen) atoms. The zero-order valence-electron chi connectivity index (χ0n) is 24.8. The molecule has 2 aliphatic rings. The van der Waals surface area contributed by atoms with Crippen LogP contribution in [0.4, 0.5) is 11.8 Å². The monoisotopic (exact) mass is 397 g/mol. The molecule has 2 aromatic rings. The van der Waals surface area contributed by atoms with Gasteiger partial charge >= 0.3 is 0 Å². The SMILES string of the molecule is [2H]C([2H])([2H])Oc1cc2nc(N3C([2H])([2H])CN(C(=O)C4CCCO4)CC3([2H])[2H])nc(N)c2cc1OC([2H])([2H])[2H]. The summed E-state index contributed by atoms with van der Waals surface area (Å²) in [5.41, 5.74) is 5.97. The van der Waals surface area contributed by atoms with Crippen molar-refractivity contribution in [1.82, 2.24) is 14.9 Å². The second-order valence-electron chi connectivity index (χ2n) is 6.28. The van der Waals surface area contributed by atoms with Crippen LogP contribution in [0.3, 0.4) is 0 Å². The highest BCUT2D eigenvalue weighted by Crippen LogP contribution is 2.34. The first-order valence-electron chi connectivity index (χ1n) is 13.6. The third-order valence-electron chi connectivity index (χ3n) is 4.55. The Morgan fingerprint density at radius 3 is 2.71 bits per heavy atom. The van der Waals surface area contributed by atoms with Crippen molar-refractivity contribution in [3.8, 4) is 11.5 Å². The van der Waals surface area contributed by atoms with E-state index < -0.39 is 69.6 Å². The third kappa shape index (κ3) is 3.37.